The average molecular weight is 435 g/mol. The van der Waals surface area contributed by atoms with E-state index >= 15 is 0 Å². The molecule has 2 saturated carbocycles. The van der Waals surface area contributed by atoms with Gasteiger partial charge in [-0.1, -0.05) is 43.7 Å². The monoisotopic (exact) mass is 434 g/mol. The fraction of sp³-hybridized carbons (Fsp3) is 0.536. The first kappa shape index (κ1) is 22.7. The first-order chi connectivity index (χ1) is 15.1. The second-order valence-electron chi connectivity index (χ2n) is 10.5. The number of carbonyl (C=O) groups excluding carboxylic acids is 3. The molecule has 0 amide bonds. The Bertz CT molecular complexity index is 1030. The van der Waals surface area contributed by atoms with Crippen LogP contribution in [0.15, 0.2) is 42.0 Å². The summed E-state index contributed by atoms with van der Waals surface area (Å²) in [5, 5.41) is 0. The summed E-state index contributed by atoms with van der Waals surface area (Å²) in [6.45, 7) is 10.5. The highest BCUT2D eigenvalue weighted by atomic mass is 16.5. The van der Waals surface area contributed by atoms with E-state index in [1.165, 1.54) is 18.8 Å². The largest absolute Gasteiger partial charge is 0.469 e. The maximum atomic E-state index is 12.8. The van der Waals surface area contributed by atoms with Gasteiger partial charge in [0.25, 0.3) is 0 Å². The molecule has 0 bridgehead atoms. The maximum absolute atomic E-state index is 12.8. The van der Waals surface area contributed by atoms with Crippen LogP contribution in [0.2, 0.25) is 0 Å². The Morgan fingerprint density at radius 1 is 1.22 bits per heavy atom. The van der Waals surface area contributed by atoms with Gasteiger partial charge in [0.15, 0.2) is 11.6 Å². The summed E-state index contributed by atoms with van der Waals surface area (Å²) in [6, 6.07) is 5.62. The zero-order valence-electron chi connectivity index (χ0n) is 19.8. The van der Waals surface area contributed by atoms with E-state index in [0.29, 0.717) is 16.7 Å². The summed E-state index contributed by atoms with van der Waals surface area (Å²) in [5.41, 5.74) is 3.29. The van der Waals surface area contributed by atoms with E-state index in [1.54, 1.807) is 13.0 Å². The van der Waals surface area contributed by atoms with Crippen LogP contribution in [0.1, 0.15) is 85.6 Å². The molecular weight excluding hydrogens is 400 g/mol. The quantitative estimate of drug-likeness (QED) is 0.437. The van der Waals surface area contributed by atoms with Gasteiger partial charge in [-0.3, -0.25) is 14.4 Å². The molecule has 0 aliphatic heterocycles. The number of aryl methyl sites for hydroxylation is 1. The molecule has 4 rings (SSSR count). The van der Waals surface area contributed by atoms with Gasteiger partial charge in [0, 0.05) is 16.7 Å². The molecule has 0 saturated heterocycles. The van der Waals surface area contributed by atoms with Crippen LogP contribution in [-0.4, -0.2) is 24.6 Å². The topological polar surface area (TPSA) is 60.4 Å². The number of esters is 1. The second-order valence-corrected chi connectivity index (χ2v) is 10.5. The van der Waals surface area contributed by atoms with Crippen molar-refractivity contribution in [3.05, 3.63) is 58.7 Å². The van der Waals surface area contributed by atoms with Gasteiger partial charge in [-0.2, -0.15) is 0 Å². The number of methoxy groups -OCH3 is 1. The molecule has 3 aliphatic carbocycles. The van der Waals surface area contributed by atoms with Crippen LogP contribution in [0.4, 0.5) is 0 Å². The van der Waals surface area contributed by atoms with Crippen LogP contribution < -0.4 is 0 Å². The van der Waals surface area contributed by atoms with Crippen LogP contribution in [0.25, 0.3) is 0 Å². The van der Waals surface area contributed by atoms with Crippen LogP contribution >= 0.6 is 0 Å². The summed E-state index contributed by atoms with van der Waals surface area (Å²) < 4.78 is 5.23. The molecule has 3 aliphatic rings. The Morgan fingerprint density at radius 3 is 2.69 bits per heavy atom. The van der Waals surface area contributed by atoms with Gasteiger partial charge in [0.05, 0.1) is 12.5 Å². The highest BCUT2D eigenvalue weighted by molar-refractivity contribution is 6.24. The molecule has 1 aromatic carbocycles. The van der Waals surface area contributed by atoms with E-state index in [4.69, 9.17) is 4.74 Å². The van der Waals surface area contributed by atoms with Crippen molar-refractivity contribution in [3.8, 4) is 0 Å². The normalized spacial score (nSPS) is 32.1. The lowest BCUT2D eigenvalue weighted by Crippen LogP contribution is -2.53. The van der Waals surface area contributed by atoms with Crippen molar-refractivity contribution in [1.82, 2.24) is 0 Å². The van der Waals surface area contributed by atoms with Crippen molar-refractivity contribution >= 4 is 17.5 Å². The molecule has 0 N–H and O–H groups in total. The number of allylic oxidation sites excluding steroid dienone is 3. The summed E-state index contributed by atoms with van der Waals surface area (Å²) in [6.07, 6.45) is 7.88. The predicted octanol–water partition coefficient (Wildman–Crippen LogP) is 5.90. The maximum Gasteiger partial charge on any atom is 0.311 e. The van der Waals surface area contributed by atoms with E-state index in [2.05, 4.69) is 20.4 Å². The lowest BCUT2D eigenvalue weighted by atomic mass is 9.46. The molecule has 0 radical (unpaired) electrons. The van der Waals surface area contributed by atoms with Crippen molar-refractivity contribution in [1.29, 1.82) is 0 Å². The Hall–Kier alpha value is -2.49. The molecular formula is C28H34O4. The summed E-state index contributed by atoms with van der Waals surface area (Å²) >= 11 is 0. The minimum Gasteiger partial charge on any atom is -0.469 e. The van der Waals surface area contributed by atoms with E-state index < -0.39 is 5.41 Å². The highest BCUT2D eigenvalue weighted by Gasteiger charge is 2.57. The van der Waals surface area contributed by atoms with Crippen LogP contribution in [0.5, 0.6) is 0 Å². The van der Waals surface area contributed by atoms with Crippen LogP contribution in [-0.2, 0) is 16.0 Å². The third-order valence-corrected chi connectivity index (χ3v) is 8.72. The Labute approximate surface area is 191 Å². The van der Waals surface area contributed by atoms with Gasteiger partial charge >= 0.3 is 5.97 Å². The second kappa shape index (κ2) is 8.13. The first-order valence-electron chi connectivity index (χ1n) is 11.8. The van der Waals surface area contributed by atoms with Crippen molar-refractivity contribution in [2.75, 3.05) is 7.11 Å². The number of ether oxygens (including phenoxy) is 1. The number of Topliss-reactive ketones (excluding diaryl/α,β-unsaturated/α-hetero) is 1. The van der Waals surface area contributed by atoms with E-state index in [9.17, 15) is 14.4 Å². The lowest BCUT2D eigenvalue weighted by molar-refractivity contribution is -0.168. The van der Waals surface area contributed by atoms with Gasteiger partial charge in [-0.05, 0) is 81.3 Å². The first-order valence-corrected chi connectivity index (χ1v) is 11.8. The van der Waals surface area contributed by atoms with Crippen molar-refractivity contribution < 1.29 is 19.1 Å². The smallest absolute Gasteiger partial charge is 0.311 e. The molecule has 32 heavy (non-hydrogen) atoms. The highest BCUT2D eigenvalue weighted by Crippen LogP contribution is 2.62. The van der Waals surface area contributed by atoms with Crippen molar-refractivity contribution in [2.45, 2.75) is 65.7 Å². The molecule has 2 fully saturated rings. The van der Waals surface area contributed by atoms with Gasteiger partial charge in [0.1, 0.15) is 0 Å². The number of ketones is 2. The molecule has 170 valence electrons. The minimum absolute atomic E-state index is 0.0261. The molecule has 4 heteroatoms. The average Bonchev–Trinajstić information content (AvgIpc) is 2.76. The number of fused-ring (bicyclic) bond motifs is 2. The van der Waals surface area contributed by atoms with Crippen molar-refractivity contribution in [2.24, 2.45) is 22.7 Å². The van der Waals surface area contributed by atoms with Gasteiger partial charge < -0.3 is 4.74 Å². The molecule has 4 nitrogen and oxygen atoms in total. The Kier molecular flexibility index (Phi) is 5.77. The molecule has 0 unspecified atom stereocenters. The molecule has 0 heterocycles. The minimum atomic E-state index is -0.461. The van der Waals surface area contributed by atoms with E-state index in [-0.39, 0.29) is 34.8 Å². The third-order valence-electron chi connectivity index (χ3n) is 8.72. The summed E-state index contributed by atoms with van der Waals surface area (Å²) in [5.74, 6) is 0.299. The predicted molar refractivity (Wildman–Crippen MR) is 125 cm³/mol. The summed E-state index contributed by atoms with van der Waals surface area (Å²) in [4.78, 5) is 38.1. The Morgan fingerprint density at radius 2 is 1.97 bits per heavy atom. The third kappa shape index (κ3) is 3.39. The van der Waals surface area contributed by atoms with Crippen LogP contribution in [0, 0.1) is 22.7 Å². The molecule has 0 spiro atoms. The van der Waals surface area contributed by atoms with Crippen LogP contribution in [0.3, 0.4) is 0 Å². The van der Waals surface area contributed by atoms with Gasteiger partial charge in [0.2, 0.25) is 0 Å². The standard InChI is InChI=1S/C28H34O4/c1-17-10-13-23-27(3,14-7-15-28(23,4)26(31)32-5)21(17)12-11-19-8-6-9-20-24(19)22(29)16-18(2)25(20)30/h6,8-9,16,21,23H,1,7,10-15H2,2-5H3/t21-,23+,27+,28-/m0/s1. The van der Waals surface area contributed by atoms with Gasteiger partial charge in [-0.15, -0.1) is 0 Å². The molecule has 1 aromatic rings. The number of carbonyl (C=O) groups is 3. The number of hydrogen-bond donors (Lipinski definition) is 0. The number of rotatable bonds is 4. The van der Waals surface area contributed by atoms with Gasteiger partial charge in [-0.25, -0.2) is 0 Å². The lowest BCUT2D eigenvalue weighted by Gasteiger charge is -2.57. The summed E-state index contributed by atoms with van der Waals surface area (Å²) in [7, 11) is 1.49. The number of hydrogen-bond acceptors (Lipinski definition) is 4. The molecule has 4 atom stereocenters. The SMILES string of the molecule is C=C1CC[C@@H]2[C@](C)(CCC[C@]2(C)C(=O)OC)[C@H]1CCc1cccc2c1C(=O)C=C(C)C2=O. The van der Waals surface area contributed by atoms with E-state index in [1.807, 2.05) is 12.1 Å². The molecule has 0 aromatic heterocycles. The zero-order valence-corrected chi connectivity index (χ0v) is 19.8. The number of benzene rings is 1. The Balaban J connectivity index is 1.63. The fourth-order valence-electron chi connectivity index (χ4n) is 7.10. The fourth-order valence-corrected chi connectivity index (χ4v) is 7.10. The van der Waals surface area contributed by atoms with E-state index in [0.717, 1.165) is 50.5 Å². The zero-order chi connectivity index (χ0) is 23.3. The van der Waals surface area contributed by atoms with Crippen molar-refractivity contribution in [3.63, 3.8) is 0 Å².